The summed E-state index contributed by atoms with van der Waals surface area (Å²) in [5.41, 5.74) is 8.23. The minimum Gasteiger partial charge on any atom is -0.497 e. The Kier molecular flexibility index (Phi) is 5.85. The zero-order valence-electron chi connectivity index (χ0n) is 16.3. The van der Waals surface area contributed by atoms with Crippen molar-refractivity contribution in [3.63, 3.8) is 0 Å². The van der Waals surface area contributed by atoms with Crippen LogP contribution in [0.1, 0.15) is 32.9 Å². The smallest absolute Gasteiger partial charge is 0.271 e. The summed E-state index contributed by atoms with van der Waals surface area (Å²) in [7, 11) is 1.58. The highest BCUT2D eigenvalue weighted by Gasteiger charge is 2.12. The number of rotatable bonds is 5. The second-order valence-electron chi connectivity index (χ2n) is 6.52. The van der Waals surface area contributed by atoms with E-state index in [2.05, 4.69) is 15.1 Å². The third kappa shape index (κ3) is 4.10. The molecule has 28 heavy (non-hydrogen) atoms. The van der Waals surface area contributed by atoms with E-state index in [-0.39, 0.29) is 5.91 Å². The van der Waals surface area contributed by atoms with E-state index >= 15 is 0 Å². The van der Waals surface area contributed by atoms with E-state index in [1.165, 1.54) is 0 Å². The Morgan fingerprint density at radius 3 is 2.50 bits per heavy atom. The maximum Gasteiger partial charge on any atom is 0.271 e. The van der Waals surface area contributed by atoms with Crippen molar-refractivity contribution < 1.29 is 9.53 Å². The van der Waals surface area contributed by atoms with Gasteiger partial charge in [-0.05, 0) is 68.8 Å². The molecule has 0 aliphatic heterocycles. The summed E-state index contributed by atoms with van der Waals surface area (Å²) < 4.78 is 7.23. The number of nitrogens with one attached hydrogen (secondary N) is 1. The maximum absolute atomic E-state index is 12.2. The highest BCUT2D eigenvalue weighted by Crippen LogP contribution is 2.25. The van der Waals surface area contributed by atoms with Gasteiger partial charge >= 0.3 is 0 Å². The average Bonchev–Trinajstić information content (AvgIpc) is 2.97. The van der Waals surface area contributed by atoms with Gasteiger partial charge in [-0.3, -0.25) is 4.79 Å². The lowest BCUT2D eigenvalue weighted by molar-refractivity contribution is 0.0955. The van der Waals surface area contributed by atoms with Gasteiger partial charge in [-0.2, -0.15) is 5.10 Å². The van der Waals surface area contributed by atoms with Crippen LogP contribution in [0, 0.1) is 20.8 Å². The minimum atomic E-state index is -0.279. The first-order valence-electron chi connectivity index (χ1n) is 8.83. The molecule has 3 rings (SSSR count). The lowest BCUT2D eigenvalue weighted by atomic mass is 10.2. The molecule has 1 amide bonds. The van der Waals surface area contributed by atoms with Crippen molar-refractivity contribution in [2.45, 2.75) is 20.8 Å². The molecule has 0 radical (unpaired) electrons. The van der Waals surface area contributed by atoms with Gasteiger partial charge in [-0.25, -0.2) is 5.43 Å². The van der Waals surface area contributed by atoms with Crippen LogP contribution in [0.2, 0.25) is 5.02 Å². The molecule has 0 saturated heterocycles. The first kappa shape index (κ1) is 19.7. The van der Waals surface area contributed by atoms with Gasteiger partial charge < -0.3 is 9.30 Å². The van der Waals surface area contributed by atoms with E-state index in [1.807, 2.05) is 45.0 Å². The zero-order chi connectivity index (χ0) is 20.3. The van der Waals surface area contributed by atoms with Gasteiger partial charge in [0.1, 0.15) is 5.75 Å². The highest BCUT2D eigenvalue weighted by molar-refractivity contribution is 6.30. The summed E-state index contributed by atoms with van der Waals surface area (Å²) in [5.74, 6) is 0.419. The third-order valence-electron chi connectivity index (χ3n) is 4.60. The molecule has 144 valence electrons. The third-order valence-corrected chi connectivity index (χ3v) is 4.84. The summed E-state index contributed by atoms with van der Waals surface area (Å²) in [5, 5.41) is 4.80. The van der Waals surface area contributed by atoms with Gasteiger partial charge in [0.15, 0.2) is 0 Å². The number of hydrogen-bond donors (Lipinski definition) is 1. The zero-order valence-corrected chi connectivity index (χ0v) is 17.0. The number of aromatic nitrogens is 1. The number of hydrogen-bond acceptors (Lipinski definition) is 3. The summed E-state index contributed by atoms with van der Waals surface area (Å²) in [6.45, 7) is 6.09. The molecule has 0 atom stereocenters. The molecule has 0 aliphatic carbocycles. The first-order valence-corrected chi connectivity index (χ1v) is 9.21. The molecule has 6 heteroatoms. The highest BCUT2D eigenvalue weighted by atomic mass is 35.5. The fraction of sp³-hybridized carbons (Fsp3) is 0.182. The fourth-order valence-corrected chi connectivity index (χ4v) is 3.25. The Morgan fingerprint density at radius 1 is 1.11 bits per heavy atom. The van der Waals surface area contributed by atoms with Crippen LogP contribution in [-0.2, 0) is 0 Å². The van der Waals surface area contributed by atoms with E-state index in [4.69, 9.17) is 16.3 Å². The van der Waals surface area contributed by atoms with Gasteiger partial charge in [0.05, 0.1) is 13.3 Å². The molecule has 0 bridgehead atoms. The number of aryl methyl sites for hydroxylation is 2. The molecular weight excluding hydrogens is 374 g/mol. The molecule has 3 aromatic rings. The standard InChI is InChI=1S/C22H22ClN3O2/c1-14-5-8-19(23)12-21(14)26-15(2)11-18(16(26)3)13-24-25-22(27)17-6-9-20(28-4)10-7-17/h5-13H,1-4H3,(H,25,27)/b24-13-. The van der Waals surface area contributed by atoms with Crippen LogP contribution in [0.25, 0.3) is 5.69 Å². The number of hydrazone groups is 1. The van der Waals surface area contributed by atoms with Gasteiger partial charge in [-0.1, -0.05) is 17.7 Å². The average molecular weight is 396 g/mol. The normalized spacial score (nSPS) is 11.0. The lowest BCUT2D eigenvalue weighted by Gasteiger charge is -2.13. The lowest BCUT2D eigenvalue weighted by Crippen LogP contribution is -2.17. The molecule has 2 aromatic carbocycles. The topological polar surface area (TPSA) is 55.6 Å². The van der Waals surface area contributed by atoms with Crippen LogP contribution in [0.3, 0.4) is 0 Å². The number of benzene rings is 2. The van der Waals surface area contributed by atoms with Gasteiger partial charge in [0.2, 0.25) is 0 Å². The summed E-state index contributed by atoms with van der Waals surface area (Å²) in [4.78, 5) is 12.2. The Hall–Kier alpha value is -3.05. The van der Waals surface area contributed by atoms with Crippen molar-refractivity contribution in [2.75, 3.05) is 7.11 Å². The van der Waals surface area contributed by atoms with Crippen LogP contribution in [0.5, 0.6) is 5.75 Å². The van der Waals surface area contributed by atoms with E-state index in [1.54, 1.807) is 37.6 Å². The Labute approximate surface area is 169 Å². The predicted octanol–water partition coefficient (Wildman–Crippen LogP) is 4.83. The number of amides is 1. The summed E-state index contributed by atoms with van der Waals surface area (Å²) in [6.07, 6.45) is 1.65. The molecule has 5 nitrogen and oxygen atoms in total. The van der Waals surface area contributed by atoms with E-state index in [0.29, 0.717) is 16.3 Å². The number of carbonyl (C=O) groups is 1. The molecule has 0 spiro atoms. The van der Waals surface area contributed by atoms with Crippen LogP contribution in [-0.4, -0.2) is 23.8 Å². The fourth-order valence-electron chi connectivity index (χ4n) is 3.08. The minimum absolute atomic E-state index is 0.279. The molecule has 1 aromatic heterocycles. The maximum atomic E-state index is 12.2. The first-order chi connectivity index (χ1) is 13.4. The largest absolute Gasteiger partial charge is 0.497 e. The second kappa shape index (κ2) is 8.31. The Balaban J connectivity index is 1.79. The van der Waals surface area contributed by atoms with Gasteiger partial charge in [-0.15, -0.1) is 0 Å². The van der Waals surface area contributed by atoms with Crippen LogP contribution >= 0.6 is 11.6 Å². The number of carbonyl (C=O) groups excluding carboxylic acids is 1. The van der Waals surface area contributed by atoms with E-state index in [0.717, 1.165) is 28.2 Å². The van der Waals surface area contributed by atoms with Crippen molar-refractivity contribution in [3.05, 3.63) is 81.6 Å². The monoisotopic (exact) mass is 395 g/mol. The quantitative estimate of drug-likeness (QED) is 0.497. The number of nitrogens with zero attached hydrogens (tertiary/aromatic N) is 2. The van der Waals surface area contributed by atoms with Crippen LogP contribution < -0.4 is 10.2 Å². The number of halogens is 1. The van der Waals surface area contributed by atoms with Gasteiger partial charge in [0.25, 0.3) is 5.91 Å². The molecular formula is C22H22ClN3O2. The van der Waals surface area contributed by atoms with Crippen molar-refractivity contribution in [1.29, 1.82) is 0 Å². The SMILES string of the molecule is COc1ccc(C(=O)N/N=C\c2cc(C)n(-c3cc(Cl)ccc3C)c2C)cc1. The molecule has 0 aliphatic rings. The molecule has 0 fully saturated rings. The number of methoxy groups -OCH3 is 1. The summed E-state index contributed by atoms with van der Waals surface area (Å²) in [6, 6.07) is 14.7. The van der Waals surface area contributed by atoms with Crippen molar-refractivity contribution >= 4 is 23.7 Å². The van der Waals surface area contributed by atoms with Crippen molar-refractivity contribution in [1.82, 2.24) is 9.99 Å². The van der Waals surface area contributed by atoms with Crippen molar-refractivity contribution in [2.24, 2.45) is 5.10 Å². The van der Waals surface area contributed by atoms with Crippen molar-refractivity contribution in [3.8, 4) is 11.4 Å². The predicted molar refractivity (Wildman–Crippen MR) is 113 cm³/mol. The number of ether oxygens (including phenoxy) is 1. The molecule has 1 heterocycles. The van der Waals surface area contributed by atoms with E-state index < -0.39 is 0 Å². The molecule has 0 saturated carbocycles. The molecule has 0 unspecified atom stereocenters. The van der Waals surface area contributed by atoms with Crippen LogP contribution in [0.15, 0.2) is 53.6 Å². The Bertz CT molecular complexity index is 1040. The Morgan fingerprint density at radius 2 is 1.82 bits per heavy atom. The van der Waals surface area contributed by atoms with Gasteiger partial charge in [0, 0.05) is 33.2 Å². The summed E-state index contributed by atoms with van der Waals surface area (Å²) >= 11 is 6.18. The van der Waals surface area contributed by atoms with E-state index in [9.17, 15) is 4.79 Å². The second-order valence-corrected chi connectivity index (χ2v) is 6.96. The molecule has 1 N–H and O–H groups in total. The van der Waals surface area contributed by atoms with Crippen LogP contribution in [0.4, 0.5) is 0 Å².